The van der Waals surface area contributed by atoms with E-state index in [0.29, 0.717) is 16.7 Å². The Kier molecular flexibility index (Phi) is 6.55. The molecule has 0 heterocycles. The number of aliphatic hydroxyl groups excluding tert-OH is 3. The van der Waals surface area contributed by atoms with Crippen LogP contribution in [0.2, 0.25) is 0 Å². The van der Waals surface area contributed by atoms with E-state index in [1.54, 1.807) is 45.9 Å². The number of aliphatic hydroxyl groups is 4. The number of phenolic OH excluding ortho intramolecular Hbond substituents is 1. The summed E-state index contributed by atoms with van der Waals surface area (Å²) in [6.45, 7) is 8.13. The summed E-state index contributed by atoms with van der Waals surface area (Å²) in [6.07, 6.45) is -0.537. The average molecular weight is 568 g/mol. The number of ketones is 3. The van der Waals surface area contributed by atoms with Gasteiger partial charge in [0.25, 0.3) is 0 Å². The van der Waals surface area contributed by atoms with Gasteiger partial charge in [-0.1, -0.05) is 52.8 Å². The number of fused-ring (bicyclic) bond motifs is 3. The number of phenols is 1. The molecule has 1 aromatic carbocycles. The quantitative estimate of drug-likeness (QED) is 0.289. The Morgan fingerprint density at radius 1 is 1.07 bits per heavy atom. The lowest BCUT2D eigenvalue weighted by Gasteiger charge is -2.69. The molecule has 220 valence electrons. The number of carbonyl (C=O) groups is 4. The molecule has 10 heteroatoms. The van der Waals surface area contributed by atoms with Crippen molar-refractivity contribution in [2.75, 3.05) is 0 Å². The molecule has 1 amide bonds. The molecule has 0 aromatic heterocycles. The number of hydrogen-bond acceptors (Lipinski definition) is 9. The van der Waals surface area contributed by atoms with Crippen molar-refractivity contribution in [1.82, 2.24) is 0 Å². The maximum absolute atomic E-state index is 14.3. The predicted octanol–water partition coefficient (Wildman–Crippen LogP) is 1.02. The second-order valence-electron chi connectivity index (χ2n) is 12.9. The summed E-state index contributed by atoms with van der Waals surface area (Å²) in [7, 11) is 0. The van der Waals surface area contributed by atoms with Gasteiger partial charge < -0.3 is 31.3 Å². The van der Waals surface area contributed by atoms with Crippen molar-refractivity contribution in [2.45, 2.75) is 70.9 Å². The van der Waals surface area contributed by atoms with Crippen molar-refractivity contribution < 1.29 is 44.7 Å². The predicted molar refractivity (Wildman–Crippen MR) is 146 cm³/mol. The van der Waals surface area contributed by atoms with Gasteiger partial charge in [-0.25, -0.2) is 0 Å². The monoisotopic (exact) mass is 567 g/mol. The summed E-state index contributed by atoms with van der Waals surface area (Å²) in [4.78, 5) is 52.4. The van der Waals surface area contributed by atoms with E-state index in [-0.39, 0.29) is 23.5 Å². The van der Waals surface area contributed by atoms with Crippen molar-refractivity contribution in [1.29, 1.82) is 0 Å². The highest BCUT2D eigenvalue weighted by Crippen LogP contribution is 2.68. The fraction of sp³-hybridized carbons (Fsp3) is 0.548. The first kappa shape index (κ1) is 29.3. The third-order valence-electron chi connectivity index (χ3n) is 10.9. The molecule has 0 saturated heterocycles. The molecule has 0 spiro atoms. The van der Waals surface area contributed by atoms with Crippen LogP contribution in [0.25, 0.3) is 5.57 Å². The van der Waals surface area contributed by atoms with Crippen LogP contribution >= 0.6 is 0 Å². The van der Waals surface area contributed by atoms with Gasteiger partial charge in [-0.2, -0.15) is 0 Å². The third kappa shape index (κ3) is 3.39. The number of allylic oxidation sites excluding steroid dienone is 4. The van der Waals surface area contributed by atoms with Crippen LogP contribution in [-0.2, 0) is 14.4 Å². The van der Waals surface area contributed by atoms with E-state index in [1.807, 2.05) is 0 Å². The Hall–Kier alpha value is -3.18. The summed E-state index contributed by atoms with van der Waals surface area (Å²) >= 11 is 0. The molecule has 0 radical (unpaired) electrons. The maximum Gasteiger partial charge on any atom is 0.230 e. The minimum atomic E-state index is -2.83. The lowest BCUT2D eigenvalue weighted by Crippen LogP contribution is -2.83. The topological polar surface area (TPSA) is 195 Å². The Balaban J connectivity index is 1.80. The minimum absolute atomic E-state index is 0.0925. The zero-order chi connectivity index (χ0) is 30.6. The summed E-state index contributed by atoms with van der Waals surface area (Å²) in [5, 5.41) is 58.8. The SMILES string of the molecule is CC(C)[C@H]1C(O)[C@@H](C(N)=O)C(=O)[C@]2(O)C(O)[C@H]3C(=O)c4c(O)ccc(C5=CCC(=O)C=C5)c4[C@@H](C)[C@]3(C)[C@@H](O)[C@]12C. The minimum Gasteiger partial charge on any atom is -0.507 e. The fourth-order valence-corrected chi connectivity index (χ4v) is 8.81. The molecule has 41 heavy (non-hydrogen) atoms. The van der Waals surface area contributed by atoms with Crippen LogP contribution in [0.1, 0.15) is 68.4 Å². The van der Waals surface area contributed by atoms with Gasteiger partial charge in [-0.3, -0.25) is 19.2 Å². The molecule has 2 fully saturated rings. The van der Waals surface area contributed by atoms with Crippen molar-refractivity contribution >= 4 is 28.8 Å². The van der Waals surface area contributed by atoms with Crippen LogP contribution in [-0.4, -0.2) is 72.7 Å². The molecule has 7 N–H and O–H groups in total. The Morgan fingerprint density at radius 2 is 1.71 bits per heavy atom. The maximum atomic E-state index is 14.3. The number of primary amides is 1. The average Bonchev–Trinajstić information content (AvgIpc) is 2.89. The molecular weight excluding hydrogens is 530 g/mol. The van der Waals surface area contributed by atoms with Gasteiger partial charge in [0.1, 0.15) is 17.8 Å². The number of Topliss-reactive ketones (excluding diaryl/α,β-unsaturated/α-hetero) is 2. The molecule has 10 nitrogen and oxygen atoms in total. The van der Waals surface area contributed by atoms with Gasteiger partial charge in [0.15, 0.2) is 23.0 Å². The second kappa shape index (κ2) is 9.16. The molecule has 4 aliphatic rings. The Bertz CT molecular complexity index is 1440. The van der Waals surface area contributed by atoms with E-state index in [1.165, 1.54) is 19.1 Å². The first-order valence-corrected chi connectivity index (χ1v) is 13.9. The second-order valence-corrected chi connectivity index (χ2v) is 12.9. The van der Waals surface area contributed by atoms with Crippen molar-refractivity contribution in [3.63, 3.8) is 0 Å². The summed E-state index contributed by atoms with van der Waals surface area (Å²) in [5.74, 6) is -9.48. The largest absolute Gasteiger partial charge is 0.507 e. The van der Waals surface area contributed by atoms with Crippen molar-refractivity contribution in [2.24, 2.45) is 40.2 Å². The van der Waals surface area contributed by atoms with Crippen LogP contribution < -0.4 is 5.73 Å². The van der Waals surface area contributed by atoms with Crippen molar-refractivity contribution in [3.8, 4) is 5.75 Å². The van der Waals surface area contributed by atoms with Gasteiger partial charge in [0.05, 0.1) is 23.7 Å². The van der Waals surface area contributed by atoms with Crippen LogP contribution in [0.15, 0.2) is 30.4 Å². The molecule has 10 atom stereocenters. The fourth-order valence-electron chi connectivity index (χ4n) is 8.81. The lowest BCUT2D eigenvalue weighted by molar-refractivity contribution is -0.306. The number of benzene rings is 1. The number of nitrogens with two attached hydrogens (primary N) is 1. The number of carbonyl (C=O) groups excluding carboxylic acids is 4. The lowest BCUT2D eigenvalue weighted by atomic mass is 9.36. The first-order chi connectivity index (χ1) is 19.0. The van der Waals surface area contributed by atoms with Gasteiger partial charge in [0, 0.05) is 17.3 Å². The third-order valence-corrected chi connectivity index (χ3v) is 10.9. The first-order valence-electron chi connectivity index (χ1n) is 13.9. The van der Waals surface area contributed by atoms with Crippen LogP contribution in [0.5, 0.6) is 5.75 Å². The molecule has 0 bridgehead atoms. The highest BCUT2D eigenvalue weighted by molar-refractivity contribution is 6.10. The Morgan fingerprint density at radius 3 is 2.24 bits per heavy atom. The smallest absolute Gasteiger partial charge is 0.230 e. The summed E-state index contributed by atoms with van der Waals surface area (Å²) < 4.78 is 0. The normalized spacial score (nSPS) is 42.0. The molecule has 2 saturated carbocycles. The van der Waals surface area contributed by atoms with Gasteiger partial charge in [-0.15, -0.1) is 0 Å². The van der Waals surface area contributed by atoms with Gasteiger partial charge in [0.2, 0.25) is 5.91 Å². The highest BCUT2D eigenvalue weighted by Gasteiger charge is 2.80. The standard InChI is InChI=1S/C31H37NO9/c1-12(2)21-24(36)20(27(32)39)25(37)31(41)26(38)22-23(35)19-17(34)11-10-16(14-6-8-15(33)9-7-14)18(19)13(3)29(22,4)28(40)30(21,31)5/h6-8,10-13,20-22,24,26,28,34,36,38,40-41H,9H2,1-5H3,(H2,32,39)/t13-,20-,21+,22-,24?,26?,28-,29+,30+,31+/m1/s1. The van der Waals surface area contributed by atoms with Crippen LogP contribution in [0.4, 0.5) is 0 Å². The summed E-state index contributed by atoms with van der Waals surface area (Å²) in [5.41, 5.74) is 0.707. The highest BCUT2D eigenvalue weighted by atomic mass is 16.4. The molecule has 5 rings (SSSR count). The molecule has 1 aromatic rings. The zero-order valence-electron chi connectivity index (χ0n) is 23.7. The van der Waals surface area contributed by atoms with E-state index in [2.05, 4.69) is 0 Å². The number of aromatic hydroxyl groups is 1. The van der Waals surface area contributed by atoms with E-state index < -0.39 is 81.8 Å². The summed E-state index contributed by atoms with van der Waals surface area (Å²) in [6, 6.07) is 2.95. The van der Waals surface area contributed by atoms with E-state index in [4.69, 9.17) is 5.73 Å². The molecular formula is C31H37NO9. The molecule has 0 aliphatic heterocycles. The Labute approximate surface area is 237 Å². The van der Waals surface area contributed by atoms with Crippen molar-refractivity contribution in [3.05, 3.63) is 47.1 Å². The van der Waals surface area contributed by atoms with E-state index in [9.17, 15) is 44.7 Å². The van der Waals surface area contributed by atoms with Crippen LogP contribution in [0.3, 0.4) is 0 Å². The van der Waals surface area contributed by atoms with E-state index >= 15 is 0 Å². The zero-order valence-corrected chi connectivity index (χ0v) is 23.7. The number of rotatable bonds is 3. The van der Waals surface area contributed by atoms with Gasteiger partial charge in [-0.05, 0) is 46.6 Å². The van der Waals surface area contributed by atoms with E-state index in [0.717, 1.165) is 0 Å². The molecule has 4 aliphatic carbocycles. The molecule has 2 unspecified atom stereocenters. The number of hydrogen-bond donors (Lipinski definition) is 6. The number of amides is 1. The van der Waals surface area contributed by atoms with Gasteiger partial charge >= 0.3 is 0 Å². The van der Waals surface area contributed by atoms with Crippen LogP contribution in [0, 0.1) is 34.5 Å².